The third-order valence-electron chi connectivity index (χ3n) is 3.81. The maximum Gasteiger partial charge on any atom is 0.229 e. The van der Waals surface area contributed by atoms with Gasteiger partial charge in [0.1, 0.15) is 0 Å². The number of sulfonamides is 1. The number of rotatable bonds is 11. The lowest BCUT2D eigenvalue weighted by Crippen LogP contribution is -2.39. The fourth-order valence-corrected chi connectivity index (χ4v) is 3.11. The highest BCUT2D eigenvalue weighted by atomic mass is 127. The number of allylic oxidation sites excluding steroid dienone is 1. The molecule has 0 radical (unpaired) electrons. The Labute approximate surface area is 181 Å². The fourth-order valence-electron chi connectivity index (χ4n) is 2.51. The fraction of sp³-hybridized carbons (Fsp3) is 0.526. The van der Waals surface area contributed by atoms with Gasteiger partial charge in [-0.15, -0.1) is 30.6 Å². The average Bonchev–Trinajstić information content (AvgIpc) is 2.58. The third-order valence-corrected chi connectivity index (χ3v) is 4.40. The molecule has 0 heterocycles. The summed E-state index contributed by atoms with van der Waals surface area (Å²) in [7, 11) is -1.29. The minimum absolute atomic E-state index is 0. The first kappa shape index (κ1) is 25.7. The normalized spacial score (nSPS) is 11.4. The second-order valence-electron chi connectivity index (χ2n) is 6.26. The Morgan fingerprint density at radius 1 is 1.26 bits per heavy atom. The van der Waals surface area contributed by atoms with E-state index < -0.39 is 10.0 Å². The summed E-state index contributed by atoms with van der Waals surface area (Å²) in [5.74, 6) is 0.824. The highest BCUT2D eigenvalue weighted by Gasteiger charge is 2.09. The molecule has 1 rings (SSSR count). The molecule has 0 aliphatic carbocycles. The van der Waals surface area contributed by atoms with Crippen molar-refractivity contribution >= 4 is 45.6 Å². The molecule has 0 unspecified atom stereocenters. The lowest BCUT2D eigenvalue weighted by molar-refractivity contribution is 0.455. The van der Waals surface area contributed by atoms with Gasteiger partial charge in [-0.1, -0.05) is 30.7 Å². The first-order valence-corrected chi connectivity index (χ1v) is 10.9. The molecule has 8 heteroatoms. The molecule has 0 bridgehead atoms. The van der Waals surface area contributed by atoms with E-state index in [4.69, 9.17) is 0 Å². The third kappa shape index (κ3) is 11.2. The summed E-state index contributed by atoms with van der Waals surface area (Å²) in [5, 5.41) is 3.29. The number of halogens is 1. The van der Waals surface area contributed by atoms with Gasteiger partial charge in [-0.2, -0.15) is 0 Å². The average molecular weight is 508 g/mol. The van der Waals surface area contributed by atoms with Gasteiger partial charge in [0.05, 0.1) is 18.5 Å². The van der Waals surface area contributed by atoms with E-state index in [-0.39, 0.29) is 24.0 Å². The van der Waals surface area contributed by atoms with E-state index >= 15 is 0 Å². The van der Waals surface area contributed by atoms with Gasteiger partial charge in [-0.25, -0.2) is 13.4 Å². The van der Waals surface area contributed by atoms with Crippen molar-refractivity contribution in [2.75, 3.05) is 31.1 Å². The molecule has 27 heavy (non-hydrogen) atoms. The highest BCUT2D eigenvalue weighted by Crippen LogP contribution is 2.17. The predicted molar refractivity (Wildman–Crippen MR) is 126 cm³/mol. The van der Waals surface area contributed by atoms with Crippen molar-refractivity contribution in [2.45, 2.75) is 39.2 Å². The summed E-state index contributed by atoms with van der Waals surface area (Å²) in [5.41, 5.74) is 1.41. The zero-order valence-corrected chi connectivity index (χ0v) is 19.7. The molecule has 0 aliphatic heterocycles. The Kier molecular flexibility index (Phi) is 13.2. The van der Waals surface area contributed by atoms with Crippen LogP contribution in [0.3, 0.4) is 0 Å². The molecule has 0 amide bonds. The molecular formula is C19H33IN4O2S. The van der Waals surface area contributed by atoms with Crippen LogP contribution in [0.1, 0.15) is 38.2 Å². The number of hydrogen-bond donors (Lipinski definition) is 2. The molecule has 1 aromatic carbocycles. The minimum atomic E-state index is -3.32. The van der Waals surface area contributed by atoms with Gasteiger partial charge < -0.3 is 10.2 Å². The molecule has 0 fully saturated rings. The molecule has 0 aliphatic rings. The second kappa shape index (κ2) is 13.8. The largest absolute Gasteiger partial charge is 0.357 e. The molecule has 0 saturated heterocycles. The van der Waals surface area contributed by atoms with Gasteiger partial charge in [0.2, 0.25) is 10.0 Å². The van der Waals surface area contributed by atoms with Crippen LogP contribution in [-0.2, 0) is 16.6 Å². The maximum atomic E-state index is 11.5. The smallest absolute Gasteiger partial charge is 0.229 e. The Balaban J connectivity index is 0.00000676. The van der Waals surface area contributed by atoms with Crippen molar-refractivity contribution in [3.63, 3.8) is 0 Å². The highest BCUT2D eigenvalue weighted by molar-refractivity contribution is 14.0. The van der Waals surface area contributed by atoms with Crippen molar-refractivity contribution in [1.82, 2.24) is 10.2 Å². The van der Waals surface area contributed by atoms with Crippen molar-refractivity contribution in [3.8, 4) is 0 Å². The molecular weight excluding hydrogens is 475 g/mol. The summed E-state index contributed by atoms with van der Waals surface area (Å²) < 4.78 is 25.6. The van der Waals surface area contributed by atoms with Crippen LogP contribution >= 0.6 is 24.0 Å². The topological polar surface area (TPSA) is 73.8 Å². The van der Waals surface area contributed by atoms with E-state index in [0.29, 0.717) is 12.2 Å². The van der Waals surface area contributed by atoms with E-state index in [2.05, 4.69) is 26.5 Å². The second-order valence-corrected chi connectivity index (χ2v) is 8.01. The Morgan fingerprint density at radius 3 is 2.59 bits per heavy atom. The number of unbranched alkanes of at least 4 members (excludes halogenated alkanes) is 3. The van der Waals surface area contributed by atoms with Gasteiger partial charge in [-0.3, -0.25) is 4.72 Å². The van der Waals surface area contributed by atoms with Gasteiger partial charge in [-0.05, 0) is 37.8 Å². The number of anilines is 1. The predicted octanol–water partition coefficient (Wildman–Crippen LogP) is 3.82. The van der Waals surface area contributed by atoms with Crippen LogP contribution in [-0.4, -0.2) is 45.7 Å². The summed E-state index contributed by atoms with van der Waals surface area (Å²) in [4.78, 5) is 6.78. The summed E-state index contributed by atoms with van der Waals surface area (Å²) in [6, 6.07) is 7.33. The van der Waals surface area contributed by atoms with Crippen molar-refractivity contribution < 1.29 is 8.42 Å². The number of benzene rings is 1. The van der Waals surface area contributed by atoms with Crippen LogP contribution in [0.5, 0.6) is 0 Å². The number of hydrogen-bond acceptors (Lipinski definition) is 3. The van der Waals surface area contributed by atoms with Crippen LogP contribution in [0.15, 0.2) is 41.9 Å². The van der Waals surface area contributed by atoms with E-state index in [1.165, 1.54) is 0 Å². The van der Waals surface area contributed by atoms with Gasteiger partial charge in [0.15, 0.2) is 5.96 Å². The minimum Gasteiger partial charge on any atom is -0.357 e. The maximum absolute atomic E-state index is 11.5. The molecule has 154 valence electrons. The Hall–Kier alpha value is -1.29. The zero-order chi connectivity index (χ0) is 19.4. The van der Waals surface area contributed by atoms with Crippen LogP contribution in [0, 0.1) is 0 Å². The van der Waals surface area contributed by atoms with E-state index in [9.17, 15) is 8.42 Å². The molecule has 6 nitrogen and oxygen atoms in total. The first-order chi connectivity index (χ1) is 12.4. The number of para-hydroxylation sites is 1. The summed E-state index contributed by atoms with van der Waals surface area (Å²) >= 11 is 0. The van der Waals surface area contributed by atoms with Crippen LogP contribution < -0.4 is 10.0 Å². The molecule has 1 aromatic rings. The van der Waals surface area contributed by atoms with Crippen LogP contribution in [0.2, 0.25) is 0 Å². The van der Waals surface area contributed by atoms with Gasteiger partial charge >= 0.3 is 0 Å². The van der Waals surface area contributed by atoms with E-state index in [1.54, 1.807) is 12.1 Å². The van der Waals surface area contributed by atoms with Gasteiger partial charge in [0.25, 0.3) is 0 Å². The number of aliphatic imine (C=N–C) groups is 1. The van der Waals surface area contributed by atoms with Gasteiger partial charge in [0, 0.05) is 20.1 Å². The lowest BCUT2D eigenvalue weighted by Gasteiger charge is -2.22. The van der Waals surface area contributed by atoms with E-state index in [0.717, 1.165) is 56.6 Å². The molecule has 0 saturated carbocycles. The van der Waals surface area contributed by atoms with Crippen molar-refractivity contribution in [3.05, 3.63) is 42.5 Å². The van der Waals surface area contributed by atoms with E-state index in [1.807, 2.05) is 32.2 Å². The Bertz CT molecular complexity index is 693. The van der Waals surface area contributed by atoms with Crippen molar-refractivity contribution in [1.29, 1.82) is 0 Å². The standard InChI is InChI=1S/C19H32N4O2S.HI/c1-5-7-8-9-12-15-23(3)19(20-6-2)21-16-17-13-10-11-14-18(17)22-26(4,24)25;/h5,10-11,13-14,22H,1,6-9,12,15-16H2,2-4H3,(H,20,21);1H. The van der Waals surface area contributed by atoms with Crippen LogP contribution in [0.4, 0.5) is 5.69 Å². The molecule has 0 aromatic heterocycles. The molecule has 2 N–H and O–H groups in total. The lowest BCUT2D eigenvalue weighted by atomic mass is 10.2. The quantitative estimate of drug-likeness (QED) is 0.157. The monoisotopic (exact) mass is 508 g/mol. The first-order valence-electron chi connectivity index (χ1n) is 9.03. The Morgan fingerprint density at radius 2 is 1.96 bits per heavy atom. The molecule has 0 atom stereocenters. The number of nitrogens with zero attached hydrogens (tertiary/aromatic N) is 2. The van der Waals surface area contributed by atoms with Crippen molar-refractivity contribution in [2.24, 2.45) is 4.99 Å². The SMILES string of the molecule is C=CCCCCCN(C)C(=NCc1ccccc1NS(C)(=O)=O)NCC.I. The summed E-state index contributed by atoms with van der Waals surface area (Å²) in [6.45, 7) is 7.89. The zero-order valence-electron chi connectivity index (χ0n) is 16.6. The molecule has 0 spiro atoms. The van der Waals surface area contributed by atoms with Crippen LogP contribution in [0.25, 0.3) is 0 Å². The number of nitrogens with one attached hydrogen (secondary N) is 2. The number of guanidine groups is 1. The summed E-state index contributed by atoms with van der Waals surface area (Å²) in [6.07, 6.45) is 7.59.